The highest BCUT2D eigenvalue weighted by Crippen LogP contribution is 2.30. The van der Waals surface area contributed by atoms with Crippen molar-refractivity contribution in [3.05, 3.63) is 53.6 Å². The topological polar surface area (TPSA) is 69.7 Å². The number of sulfonamides is 1. The molecule has 0 aliphatic heterocycles. The van der Waals surface area contributed by atoms with Crippen LogP contribution in [-0.2, 0) is 10.0 Å². The third-order valence-electron chi connectivity index (χ3n) is 4.98. The Labute approximate surface area is 174 Å². The van der Waals surface area contributed by atoms with Crippen LogP contribution in [0, 0.1) is 6.92 Å². The minimum absolute atomic E-state index is 0.177. The molecular formula is C22H31N3O3S. The minimum Gasteiger partial charge on any atom is -0.370 e. The van der Waals surface area contributed by atoms with Gasteiger partial charge in [0, 0.05) is 31.7 Å². The van der Waals surface area contributed by atoms with Crippen molar-refractivity contribution in [2.45, 2.75) is 39.5 Å². The number of carbonyl (C=O) groups excluding carboxylic acids is 1. The molecule has 0 fully saturated rings. The van der Waals surface area contributed by atoms with E-state index < -0.39 is 10.0 Å². The molecule has 0 bridgehead atoms. The summed E-state index contributed by atoms with van der Waals surface area (Å²) in [5.41, 5.74) is 2.89. The number of nitrogens with zero attached hydrogens (tertiary/aromatic N) is 2. The zero-order valence-electron chi connectivity index (χ0n) is 17.9. The van der Waals surface area contributed by atoms with E-state index in [1.54, 1.807) is 30.3 Å². The first-order valence-electron chi connectivity index (χ1n) is 10.1. The van der Waals surface area contributed by atoms with Gasteiger partial charge in [0.15, 0.2) is 0 Å². The first-order chi connectivity index (χ1) is 13.8. The lowest BCUT2D eigenvalue weighted by Gasteiger charge is -2.26. The predicted octanol–water partition coefficient (Wildman–Crippen LogP) is 4.12. The molecule has 2 rings (SSSR count). The number of carbonyl (C=O) groups is 1. The molecule has 0 saturated heterocycles. The molecule has 2 aromatic carbocycles. The first kappa shape index (κ1) is 22.9. The van der Waals surface area contributed by atoms with Crippen LogP contribution in [-0.4, -0.2) is 44.8 Å². The second kappa shape index (κ2) is 9.89. The van der Waals surface area contributed by atoms with Crippen LogP contribution in [0.5, 0.6) is 0 Å². The summed E-state index contributed by atoms with van der Waals surface area (Å²) < 4.78 is 27.3. The molecular weight excluding hydrogens is 386 g/mol. The highest BCUT2D eigenvalue weighted by Gasteiger charge is 2.24. The van der Waals surface area contributed by atoms with Crippen molar-refractivity contribution in [1.82, 2.24) is 4.31 Å². The normalized spacial score (nSPS) is 11.5. The van der Waals surface area contributed by atoms with Crippen LogP contribution in [0.3, 0.4) is 0 Å². The zero-order valence-corrected chi connectivity index (χ0v) is 18.7. The van der Waals surface area contributed by atoms with E-state index in [2.05, 4.69) is 10.2 Å². The number of benzene rings is 2. The van der Waals surface area contributed by atoms with Crippen molar-refractivity contribution in [2.24, 2.45) is 0 Å². The number of hydrogen-bond donors (Lipinski definition) is 1. The Morgan fingerprint density at radius 1 is 0.897 bits per heavy atom. The third kappa shape index (κ3) is 5.16. The highest BCUT2D eigenvalue weighted by atomic mass is 32.2. The molecule has 0 spiro atoms. The summed E-state index contributed by atoms with van der Waals surface area (Å²) in [6.45, 7) is 11.9. The third-order valence-corrected chi connectivity index (χ3v) is 7.02. The molecule has 0 atom stereocenters. The van der Waals surface area contributed by atoms with Gasteiger partial charge in [-0.2, -0.15) is 4.31 Å². The van der Waals surface area contributed by atoms with Gasteiger partial charge < -0.3 is 10.2 Å². The second-order valence-electron chi connectivity index (χ2n) is 6.76. The second-order valence-corrected chi connectivity index (χ2v) is 8.70. The van der Waals surface area contributed by atoms with Gasteiger partial charge in [-0.05, 0) is 51.1 Å². The first-order valence-corrected chi connectivity index (χ1v) is 11.5. The number of anilines is 2. The molecule has 0 heterocycles. The lowest BCUT2D eigenvalue weighted by Crippen LogP contribution is -2.31. The molecule has 6 nitrogen and oxygen atoms in total. The molecule has 29 heavy (non-hydrogen) atoms. The summed E-state index contributed by atoms with van der Waals surface area (Å²) in [4.78, 5) is 15.1. The zero-order chi connectivity index (χ0) is 21.6. The molecule has 2 aromatic rings. The maximum absolute atomic E-state index is 13.0. The average molecular weight is 418 g/mol. The minimum atomic E-state index is -3.62. The van der Waals surface area contributed by atoms with Crippen LogP contribution < -0.4 is 10.2 Å². The molecule has 0 aliphatic rings. The predicted molar refractivity (Wildman–Crippen MR) is 119 cm³/mol. The number of hydrogen-bond acceptors (Lipinski definition) is 4. The molecule has 0 aliphatic carbocycles. The number of rotatable bonds is 9. The van der Waals surface area contributed by atoms with Gasteiger partial charge in [0.25, 0.3) is 5.91 Å². The Morgan fingerprint density at radius 3 is 2.00 bits per heavy atom. The van der Waals surface area contributed by atoms with Crippen LogP contribution >= 0.6 is 0 Å². The monoisotopic (exact) mass is 417 g/mol. The van der Waals surface area contributed by atoms with Gasteiger partial charge in [-0.15, -0.1) is 0 Å². The number of aryl methyl sites for hydroxylation is 1. The molecule has 1 N–H and O–H groups in total. The van der Waals surface area contributed by atoms with E-state index in [-0.39, 0.29) is 10.8 Å². The van der Waals surface area contributed by atoms with E-state index >= 15 is 0 Å². The van der Waals surface area contributed by atoms with Gasteiger partial charge in [-0.1, -0.05) is 31.5 Å². The van der Waals surface area contributed by atoms with Crippen LogP contribution in [0.2, 0.25) is 0 Å². The fraction of sp³-hybridized carbons (Fsp3) is 0.409. The summed E-state index contributed by atoms with van der Waals surface area (Å²) in [5, 5.41) is 2.92. The Kier molecular flexibility index (Phi) is 7.81. The van der Waals surface area contributed by atoms with Crippen molar-refractivity contribution >= 4 is 27.3 Å². The van der Waals surface area contributed by atoms with Gasteiger partial charge in [0.2, 0.25) is 10.0 Å². The molecule has 0 saturated carbocycles. The fourth-order valence-electron chi connectivity index (χ4n) is 3.23. The van der Waals surface area contributed by atoms with Gasteiger partial charge in [-0.3, -0.25) is 4.79 Å². The maximum Gasteiger partial charge on any atom is 0.255 e. The Bertz CT molecular complexity index is 932. The van der Waals surface area contributed by atoms with E-state index in [4.69, 9.17) is 0 Å². The molecule has 1 amide bonds. The van der Waals surface area contributed by atoms with E-state index in [1.165, 1.54) is 4.31 Å². The van der Waals surface area contributed by atoms with E-state index in [0.717, 1.165) is 24.3 Å². The van der Waals surface area contributed by atoms with Crippen LogP contribution in [0.4, 0.5) is 11.4 Å². The lowest BCUT2D eigenvalue weighted by atomic mass is 10.1. The van der Waals surface area contributed by atoms with Gasteiger partial charge in [-0.25, -0.2) is 8.42 Å². The average Bonchev–Trinajstić information content (AvgIpc) is 2.71. The smallest absolute Gasteiger partial charge is 0.255 e. The Hall–Kier alpha value is -2.38. The quantitative estimate of drug-likeness (QED) is 0.666. The molecule has 0 unspecified atom stereocenters. The van der Waals surface area contributed by atoms with Crippen molar-refractivity contribution in [3.63, 3.8) is 0 Å². The Morgan fingerprint density at radius 2 is 1.48 bits per heavy atom. The van der Waals surface area contributed by atoms with Gasteiger partial charge in [0.1, 0.15) is 0 Å². The summed E-state index contributed by atoms with van der Waals surface area (Å²) in [7, 11) is -3.62. The number of nitrogens with one attached hydrogen (secondary N) is 1. The maximum atomic E-state index is 13.0. The van der Waals surface area contributed by atoms with E-state index in [9.17, 15) is 13.2 Å². The Balaban J connectivity index is 2.50. The number of amides is 1. The molecule has 0 radical (unpaired) electrons. The largest absolute Gasteiger partial charge is 0.370 e. The van der Waals surface area contributed by atoms with Gasteiger partial charge in [0.05, 0.1) is 16.3 Å². The molecule has 7 heteroatoms. The summed E-state index contributed by atoms with van der Waals surface area (Å²) in [6, 6.07) is 12.2. The fourth-order valence-corrected chi connectivity index (χ4v) is 4.71. The molecule has 158 valence electrons. The summed E-state index contributed by atoms with van der Waals surface area (Å²) in [6.07, 6.45) is 0. The SMILES string of the molecule is CCN(CC)c1ccc(S(=O)(=O)N(CC)CC)cc1NC(=O)c1ccc(C)cc1. The van der Waals surface area contributed by atoms with Crippen LogP contribution in [0.1, 0.15) is 43.6 Å². The summed E-state index contributed by atoms with van der Waals surface area (Å²) >= 11 is 0. The lowest BCUT2D eigenvalue weighted by molar-refractivity contribution is 0.102. The molecule has 0 aromatic heterocycles. The van der Waals surface area contributed by atoms with Crippen LogP contribution in [0.25, 0.3) is 0 Å². The van der Waals surface area contributed by atoms with E-state index in [1.807, 2.05) is 46.8 Å². The van der Waals surface area contributed by atoms with Crippen molar-refractivity contribution in [1.29, 1.82) is 0 Å². The van der Waals surface area contributed by atoms with E-state index in [0.29, 0.717) is 24.3 Å². The van der Waals surface area contributed by atoms with Gasteiger partial charge >= 0.3 is 0 Å². The van der Waals surface area contributed by atoms with Crippen molar-refractivity contribution in [3.8, 4) is 0 Å². The van der Waals surface area contributed by atoms with Crippen LogP contribution in [0.15, 0.2) is 47.4 Å². The summed E-state index contributed by atoms with van der Waals surface area (Å²) in [5.74, 6) is -0.268. The van der Waals surface area contributed by atoms with Crippen molar-refractivity contribution in [2.75, 3.05) is 36.4 Å². The highest BCUT2D eigenvalue weighted by molar-refractivity contribution is 7.89. The standard InChI is InChI=1S/C22H31N3O3S/c1-6-24(7-2)21-15-14-19(29(27,28)25(8-3)9-4)16-20(21)23-22(26)18-12-10-17(5)11-13-18/h10-16H,6-9H2,1-5H3,(H,23,26). The van der Waals surface area contributed by atoms with Crippen molar-refractivity contribution < 1.29 is 13.2 Å².